The first-order chi connectivity index (χ1) is 8.81. The molecule has 98 valence electrons. The molecule has 1 aliphatic heterocycles. The molecule has 1 aromatic carbocycles. The fourth-order valence-electron chi connectivity index (χ4n) is 1.93. The molecule has 1 heterocycles. The molecule has 1 fully saturated rings. The first-order valence-corrected chi connectivity index (χ1v) is 7.24. The van der Waals surface area contributed by atoms with Crippen LogP contribution in [-0.2, 0) is 4.79 Å². The molecule has 5 heteroatoms. The normalized spacial score (nSPS) is 21.3. The maximum Gasteiger partial charge on any atom is 0.238 e. The van der Waals surface area contributed by atoms with Crippen molar-refractivity contribution in [1.82, 2.24) is 10.6 Å². The number of benzene rings is 1. The zero-order valence-corrected chi connectivity index (χ0v) is 11.0. The van der Waals surface area contributed by atoms with Crippen molar-refractivity contribution >= 4 is 17.7 Å². The summed E-state index contributed by atoms with van der Waals surface area (Å²) in [4.78, 5) is 12.0. The Kier molecular flexibility index (Phi) is 5.04. The van der Waals surface area contributed by atoms with E-state index in [0.717, 1.165) is 23.6 Å². The summed E-state index contributed by atoms with van der Waals surface area (Å²) in [6.45, 7) is 0.771. The maximum absolute atomic E-state index is 12.0. The van der Waals surface area contributed by atoms with Crippen LogP contribution in [-0.4, -0.2) is 41.7 Å². The molecule has 0 bridgehead atoms. The van der Waals surface area contributed by atoms with Crippen LogP contribution in [0, 0.1) is 0 Å². The third kappa shape index (κ3) is 3.48. The predicted molar refractivity (Wildman–Crippen MR) is 73.5 cm³/mol. The molecule has 18 heavy (non-hydrogen) atoms. The van der Waals surface area contributed by atoms with Crippen LogP contribution < -0.4 is 10.6 Å². The van der Waals surface area contributed by atoms with Crippen molar-refractivity contribution in [1.29, 1.82) is 0 Å². The van der Waals surface area contributed by atoms with E-state index in [1.165, 1.54) is 0 Å². The monoisotopic (exact) mass is 266 g/mol. The van der Waals surface area contributed by atoms with Crippen LogP contribution in [0.4, 0.5) is 0 Å². The summed E-state index contributed by atoms with van der Waals surface area (Å²) < 4.78 is 0. The summed E-state index contributed by atoms with van der Waals surface area (Å²) in [6, 6.07) is 9.06. The average Bonchev–Trinajstić information content (AvgIpc) is 2.46. The lowest BCUT2D eigenvalue weighted by molar-refractivity contribution is -0.123. The van der Waals surface area contributed by atoms with Crippen molar-refractivity contribution in [3.8, 4) is 0 Å². The van der Waals surface area contributed by atoms with Gasteiger partial charge in [0.15, 0.2) is 0 Å². The average molecular weight is 266 g/mol. The van der Waals surface area contributed by atoms with Gasteiger partial charge in [-0.3, -0.25) is 4.79 Å². The van der Waals surface area contributed by atoms with Crippen molar-refractivity contribution in [2.24, 2.45) is 0 Å². The van der Waals surface area contributed by atoms with Crippen molar-refractivity contribution in [3.05, 3.63) is 35.9 Å². The van der Waals surface area contributed by atoms with Crippen LogP contribution in [0.15, 0.2) is 30.3 Å². The minimum Gasteiger partial charge on any atom is -0.394 e. The molecule has 1 saturated heterocycles. The Balaban J connectivity index is 1.95. The van der Waals surface area contributed by atoms with Crippen LogP contribution >= 0.6 is 11.8 Å². The van der Waals surface area contributed by atoms with E-state index in [0.29, 0.717) is 0 Å². The fourth-order valence-corrected chi connectivity index (χ4v) is 2.86. The summed E-state index contributed by atoms with van der Waals surface area (Å²) in [7, 11) is 0. The smallest absolute Gasteiger partial charge is 0.238 e. The highest BCUT2D eigenvalue weighted by atomic mass is 32.2. The maximum atomic E-state index is 12.0. The zero-order chi connectivity index (χ0) is 12.8. The van der Waals surface area contributed by atoms with Gasteiger partial charge in [-0.2, -0.15) is 11.8 Å². The Morgan fingerprint density at radius 1 is 1.50 bits per heavy atom. The summed E-state index contributed by atoms with van der Waals surface area (Å²) >= 11 is 1.78. The van der Waals surface area contributed by atoms with Gasteiger partial charge in [0, 0.05) is 18.1 Å². The number of nitrogens with one attached hydrogen (secondary N) is 2. The number of carbonyl (C=O) groups excluding carboxylic acids is 1. The minimum atomic E-state index is -0.326. The number of rotatable bonds is 4. The lowest BCUT2D eigenvalue weighted by atomic mass is 10.1. The highest BCUT2D eigenvalue weighted by Gasteiger charge is 2.23. The number of amides is 1. The van der Waals surface area contributed by atoms with Gasteiger partial charge in [0.05, 0.1) is 18.7 Å². The second-order valence-electron chi connectivity index (χ2n) is 4.24. The predicted octanol–water partition coefficient (Wildman–Crippen LogP) is 0.541. The molecule has 2 atom stereocenters. The standard InChI is InChI=1S/C13H18N2O2S/c16-8-11(10-4-2-1-3-5-10)15-13(17)12-9-18-7-6-14-12/h1-5,11-12,14,16H,6-9H2,(H,15,17)/t11-,12?/m1/s1. The first kappa shape index (κ1) is 13.4. The van der Waals surface area contributed by atoms with E-state index in [1.807, 2.05) is 30.3 Å². The fraction of sp³-hybridized carbons (Fsp3) is 0.462. The van der Waals surface area contributed by atoms with E-state index in [1.54, 1.807) is 11.8 Å². The van der Waals surface area contributed by atoms with Crippen LogP contribution in [0.2, 0.25) is 0 Å². The van der Waals surface area contributed by atoms with E-state index in [-0.39, 0.29) is 24.6 Å². The van der Waals surface area contributed by atoms with Crippen LogP contribution in [0.3, 0.4) is 0 Å². The Labute approximate surface area is 111 Å². The van der Waals surface area contributed by atoms with Gasteiger partial charge in [-0.25, -0.2) is 0 Å². The third-order valence-corrected chi connectivity index (χ3v) is 4.00. The molecule has 0 saturated carbocycles. The largest absolute Gasteiger partial charge is 0.394 e. The van der Waals surface area contributed by atoms with Crippen LogP contribution in [0.5, 0.6) is 0 Å². The van der Waals surface area contributed by atoms with Crippen molar-refractivity contribution in [2.45, 2.75) is 12.1 Å². The third-order valence-electron chi connectivity index (χ3n) is 2.94. The van der Waals surface area contributed by atoms with Gasteiger partial charge in [-0.15, -0.1) is 0 Å². The second kappa shape index (κ2) is 6.78. The van der Waals surface area contributed by atoms with Crippen molar-refractivity contribution in [3.63, 3.8) is 0 Å². The Morgan fingerprint density at radius 2 is 2.28 bits per heavy atom. The Bertz CT molecular complexity index is 380. The number of aliphatic hydroxyl groups is 1. The second-order valence-corrected chi connectivity index (χ2v) is 5.39. The summed E-state index contributed by atoms with van der Waals surface area (Å²) in [5.41, 5.74) is 0.928. The highest BCUT2D eigenvalue weighted by Crippen LogP contribution is 2.13. The molecule has 3 N–H and O–H groups in total. The molecule has 1 unspecified atom stereocenters. The van der Waals surface area contributed by atoms with Gasteiger partial charge in [0.25, 0.3) is 0 Å². The lowest BCUT2D eigenvalue weighted by Crippen LogP contribution is -2.50. The van der Waals surface area contributed by atoms with Crippen molar-refractivity contribution in [2.75, 3.05) is 24.7 Å². The van der Waals surface area contributed by atoms with E-state index in [2.05, 4.69) is 10.6 Å². The van der Waals surface area contributed by atoms with E-state index >= 15 is 0 Å². The van der Waals surface area contributed by atoms with Gasteiger partial charge < -0.3 is 15.7 Å². The van der Waals surface area contributed by atoms with Crippen LogP contribution in [0.1, 0.15) is 11.6 Å². The summed E-state index contributed by atoms with van der Waals surface area (Å²) in [6.07, 6.45) is 0. The molecule has 0 aromatic heterocycles. The molecule has 2 rings (SSSR count). The van der Waals surface area contributed by atoms with Gasteiger partial charge in [-0.1, -0.05) is 30.3 Å². The van der Waals surface area contributed by atoms with E-state index in [4.69, 9.17) is 0 Å². The quantitative estimate of drug-likeness (QED) is 0.744. The van der Waals surface area contributed by atoms with Gasteiger partial charge in [0.1, 0.15) is 0 Å². The van der Waals surface area contributed by atoms with Gasteiger partial charge >= 0.3 is 0 Å². The number of carbonyl (C=O) groups is 1. The summed E-state index contributed by atoms with van der Waals surface area (Å²) in [5.74, 6) is 1.80. The first-order valence-electron chi connectivity index (χ1n) is 6.08. The summed E-state index contributed by atoms with van der Waals surface area (Å²) in [5, 5.41) is 15.5. The number of aliphatic hydroxyl groups excluding tert-OH is 1. The molecule has 1 aromatic rings. The topological polar surface area (TPSA) is 61.4 Å². The number of thioether (sulfide) groups is 1. The zero-order valence-electron chi connectivity index (χ0n) is 10.1. The molecule has 0 spiro atoms. The molecule has 4 nitrogen and oxygen atoms in total. The van der Waals surface area contributed by atoms with Gasteiger partial charge in [-0.05, 0) is 5.56 Å². The highest BCUT2D eigenvalue weighted by molar-refractivity contribution is 7.99. The molecular formula is C13H18N2O2S. The molecule has 1 aliphatic rings. The van der Waals surface area contributed by atoms with Gasteiger partial charge in [0.2, 0.25) is 5.91 Å². The molecule has 1 amide bonds. The lowest BCUT2D eigenvalue weighted by Gasteiger charge is -2.25. The number of hydrogen-bond donors (Lipinski definition) is 3. The molecule has 0 radical (unpaired) electrons. The van der Waals surface area contributed by atoms with Crippen molar-refractivity contribution < 1.29 is 9.90 Å². The Hall–Kier alpha value is -1.04. The Morgan fingerprint density at radius 3 is 2.89 bits per heavy atom. The van der Waals surface area contributed by atoms with E-state index < -0.39 is 0 Å². The number of hydrogen-bond acceptors (Lipinski definition) is 4. The molecule has 0 aliphatic carbocycles. The van der Waals surface area contributed by atoms with Crippen LogP contribution in [0.25, 0.3) is 0 Å². The van der Waals surface area contributed by atoms with E-state index in [9.17, 15) is 9.90 Å². The SMILES string of the molecule is O=C(N[C@H](CO)c1ccccc1)C1CSCCN1. The molecular weight excluding hydrogens is 248 g/mol. The minimum absolute atomic E-state index is 0.0369.